The van der Waals surface area contributed by atoms with Gasteiger partial charge in [-0.25, -0.2) is 4.39 Å². The van der Waals surface area contributed by atoms with Crippen molar-refractivity contribution < 1.29 is 4.39 Å². The van der Waals surface area contributed by atoms with Crippen molar-refractivity contribution in [2.24, 2.45) is 17.1 Å². The highest BCUT2D eigenvalue weighted by molar-refractivity contribution is 5.26. The fraction of sp³-hybridized carbons (Fsp3) is 0.545. The van der Waals surface area contributed by atoms with E-state index in [-0.39, 0.29) is 11.2 Å². The first kappa shape index (κ1) is 9.59. The molecule has 0 aliphatic heterocycles. The lowest BCUT2D eigenvalue weighted by Gasteiger charge is -2.01. The van der Waals surface area contributed by atoms with E-state index >= 15 is 0 Å². The molecule has 2 rings (SSSR count). The van der Waals surface area contributed by atoms with E-state index < -0.39 is 0 Å². The Bertz CT molecular complexity index is 332. The molecule has 2 nitrogen and oxygen atoms in total. The van der Waals surface area contributed by atoms with Crippen LogP contribution in [0.3, 0.4) is 0 Å². The number of hydrogen-bond donors (Lipinski definition) is 1. The van der Waals surface area contributed by atoms with Gasteiger partial charge in [-0.1, -0.05) is 13.8 Å². The first-order valence-corrected chi connectivity index (χ1v) is 4.89. The van der Waals surface area contributed by atoms with Crippen LogP contribution in [-0.4, -0.2) is 11.5 Å². The van der Waals surface area contributed by atoms with Crippen LogP contribution in [0.25, 0.3) is 0 Å². The lowest BCUT2D eigenvalue weighted by molar-refractivity contribution is 0.556. The molecule has 1 heterocycles. The Morgan fingerprint density at radius 3 is 2.64 bits per heavy atom. The number of hydrogen-bond acceptors (Lipinski definition) is 2. The fourth-order valence-electron chi connectivity index (χ4n) is 2.34. The molecule has 2 N–H and O–H groups in total. The van der Waals surface area contributed by atoms with Crippen molar-refractivity contribution in [3.05, 3.63) is 29.8 Å². The van der Waals surface area contributed by atoms with Gasteiger partial charge < -0.3 is 5.73 Å². The number of aromatic nitrogens is 1. The Morgan fingerprint density at radius 2 is 2.21 bits per heavy atom. The van der Waals surface area contributed by atoms with Crippen LogP contribution >= 0.6 is 0 Å². The Hall–Kier alpha value is -0.960. The topological polar surface area (TPSA) is 38.9 Å². The maximum Gasteiger partial charge on any atom is 0.141 e. The van der Waals surface area contributed by atoms with Gasteiger partial charge in [0.25, 0.3) is 0 Å². The maximum atomic E-state index is 12.7. The second kappa shape index (κ2) is 3.02. The zero-order valence-electron chi connectivity index (χ0n) is 8.50. The number of nitrogens with two attached hydrogens (primary N) is 1. The number of rotatable bonds is 2. The zero-order chi connectivity index (χ0) is 10.3. The lowest BCUT2D eigenvalue weighted by atomic mass is 10.1. The van der Waals surface area contributed by atoms with Crippen LogP contribution in [0.5, 0.6) is 0 Å². The quantitative estimate of drug-likeness (QED) is 0.781. The Labute approximate surface area is 83.3 Å². The maximum absolute atomic E-state index is 12.7. The first-order valence-electron chi connectivity index (χ1n) is 4.89. The van der Waals surface area contributed by atoms with Crippen molar-refractivity contribution in [1.82, 2.24) is 4.98 Å². The summed E-state index contributed by atoms with van der Waals surface area (Å²) in [5.74, 6) is 0.602. The van der Waals surface area contributed by atoms with Crippen molar-refractivity contribution in [2.75, 3.05) is 6.54 Å². The molecule has 0 saturated heterocycles. The highest BCUT2D eigenvalue weighted by Crippen LogP contribution is 2.63. The Kier molecular flexibility index (Phi) is 2.07. The molecule has 76 valence electrons. The van der Waals surface area contributed by atoms with Gasteiger partial charge in [0.05, 0.1) is 6.20 Å². The summed E-state index contributed by atoms with van der Waals surface area (Å²) in [7, 11) is 0. The Balaban J connectivity index is 2.22. The van der Waals surface area contributed by atoms with Crippen LogP contribution in [0.2, 0.25) is 0 Å². The highest BCUT2D eigenvalue weighted by Gasteiger charge is 2.57. The summed E-state index contributed by atoms with van der Waals surface area (Å²) in [5.41, 5.74) is 6.85. The molecule has 1 fully saturated rings. The molecule has 1 aromatic heterocycles. The summed E-state index contributed by atoms with van der Waals surface area (Å²) < 4.78 is 12.7. The summed E-state index contributed by atoms with van der Waals surface area (Å²) in [4.78, 5) is 4.10. The lowest BCUT2D eigenvalue weighted by Crippen LogP contribution is -2.05. The molecular formula is C11H15FN2. The van der Waals surface area contributed by atoms with Gasteiger partial charge in [-0.15, -0.1) is 0 Å². The predicted octanol–water partition coefficient (Wildman–Crippen LogP) is 1.92. The molecule has 0 amide bonds. The van der Waals surface area contributed by atoms with Gasteiger partial charge in [-0.05, 0) is 30.0 Å². The average Bonchev–Trinajstić information content (AvgIpc) is 2.69. The van der Waals surface area contributed by atoms with E-state index in [0.717, 1.165) is 5.69 Å². The van der Waals surface area contributed by atoms with E-state index in [1.54, 1.807) is 6.07 Å². The van der Waals surface area contributed by atoms with E-state index in [9.17, 15) is 4.39 Å². The van der Waals surface area contributed by atoms with E-state index in [4.69, 9.17) is 5.73 Å². The van der Waals surface area contributed by atoms with Gasteiger partial charge in [-0.3, -0.25) is 4.98 Å². The van der Waals surface area contributed by atoms with E-state index in [2.05, 4.69) is 18.8 Å². The third-order valence-corrected chi connectivity index (χ3v) is 3.37. The number of halogens is 1. The van der Waals surface area contributed by atoms with Crippen molar-refractivity contribution >= 4 is 0 Å². The molecule has 0 bridgehead atoms. The van der Waals surface area contributed by atoms with Crippen LogP contribution in [0, 0.1) is 17.2 Å². The van der Waals surface area contributed by atoms with Crippen LogP contribution in [0.15, 0.2) is 18.3 Å². The molecular weight excluding hydrogens is 179 g/mol. The minimum atomic E-state index is -0.281. The van der Waals surface area contributed by atoms with Crippen LogP contribution in [0.4, 0.5) is 4.39 Å². The van der Waals surface area contributed by atoms with Crippen LogP contribution < -0.4 is 5.73 Å². The molecule has 0 spiro atoms. The van der Waals surface area contributed by atoms with Crippen molar-refractivity contribution in [3.63, 3.8) is 0 Å². The fourth-order valence-corrected chi connectivity index (χ4v) is 2.34. The van der Waals surface area contributed by atoms with Crippen molar-refractivity contribution in [3.8, 4) is 0 Å². The molecule has 2 atom stereocenters. The number of nitrogens with zero attached hydrogens (tertiary/aromatic N) is 1. The summed E-state index contributed by atoms with van der Waals surface area (Å²) >= 11 is 0. The van der Waals surface area contributed by atoms with E-state index in [1.807, 2.05) is 0 Å². The second-order valence-electron chi connectivity index (χ2n) is 4.54. The van der Waals surface area contributed by atoms with Crippen LogP contribution in [0.1, 0.15) is 25.5 Å². The molecule has 0 aromatic carbocycles. The summed E-state index contributed by atoms with van der Waals surface area (Å²) in [6.07, 6.45) is 1.28. The Morgan fingerprint density at radius 1 is 1.50 bits per heavy atom. The van der Waals surface area contributed by atoms with Gasteiger partial charge in [0.1, 0.15) is 5.82 Å². The molecule has 0 radical (unpaired) electrons. The number of pyridine rings is 1. The average molecular weight is 194 g/mol. The van der Waals surface area contributed by atoms with Gasteiger partial charge in [0.15, 0.2) is 0 Å². The molecule has 3 heteroatoms. The SMILES string of the molecule is CC1(C)[C@@H](CN)[C@@H]1c1ccc(F)cn1. The van der Waals surface area contributed by atoms with Gasteiger partial charge >= 0.3 is 0 Å². The molecule has 14 heavy (non-hydrogen) atoms. The molecule has 0 unspecified atom stereocenters. The molecule has 1 aliphatic rings. The van der Waals surface area contributed by atoms with Crippen LogP contribution in [-0.2, 0) is 0 Å². The third kappa shape index (κ3) is 1.32. The monoisotopic (exact) mass is 194 g/mol. The van der Waals surface area contributed by atoms with Gasteiger partial charge in [0, 0.05) is 11.6 Å². The summed E-state index contributed by atoms with van der Waals surface area (Å²) in [6.45, 7) is 5.04. The van der Waals surface area contributed by atoms with E-state index in [0.29, 0.717) is 18.4 Å². The normalized spacial score (nSPS) is 28.9. The molecule has 1 saturated carbocycles. The summed E-state index contributed by atoms with van der Waals surface area (Å²) in [6, 6.07) is 3.22. The van der Waals surface area contributed by atoms with Gasteiger partial charge in [0.2, 0.25) is 0 Å². The first-order chi connectivity index (χ1) is 6.57. The summed E-state index contributed by atoms with van der Waals surface area (Å²) in [5, 5.41) is 0. The van der Waals surface area contributed by atoms with E-state index in [1.165, 1.54) is 12.3 Å². The second-order valence-corrected chi connectivity index (χ2v) is 4.54. The van der Waals surface area contributed by atoms with Crippen molar-refractivity contribution in [2.45, 2.75) is 19.8 Å². The largest absolute Gasteiger partial charge is 0.330 e. The minimum Gasteiger partial charge on any atom is -0.330 e. The molecule has 1 aromatic rings. The standard InChI is InChI=1S/C11H15FN2/c1-11(2)8(5-13)10(11)9-4-3-7(12)6-14-9/h3-4,6,8,10H,5,13H2,1-2H3/t8-,10+/m0/s1. The van der Waals surface area contributed by atoms with Gasteiger partial charge in [-0.2, -0.15) is 0 Å². The van der Waals surface area contributed by atoms with Crippen molar-refractivity contribution in [1.29, 1.82) is 0 Å². The predicted molar refractivity (Wildman–Crippen MR) is 53.3 cm³/mol. The zero-order valence-corrected chi connectivity index (χ0v) is 8.50. The molecule has 1 aliphatic carbocycles. The highest BCUT2D eigenvalue weighted by atomic mass is 19.1. The smallest absolute Gasteiger partial charge is 0.141 e. The minimum absolute atomic E-state index is 0.222. The third-order valence-electron chi connectivity index (χ3n) is 3.37.